The van der Waals surface area contributed by atoms with Gasteiger partial charge < -0.3 is 10.6 Å². The highest BCUT2D eigenvalue weighted by molar-refractivity contribution is 5.93. The van der Waals surface area contributed by atoms with Gasteiger partial charge in [0, 0.05) is 42.0 Å². The van der Waals surface area contributed by atoms with E-state index in [9.17, 15) is 10.1 Å². The Kier molecular flexibility index (Phi) is 4.47. The van der Waals surface area contributed by atoms with Crippen molar-refractivity contribution in [2.75, 3.05) is 25.0 Å². The van der Waals surface area contributed by atoms with E-state index in [2.05, 4.69) is 22.5 Å². The fraction of sp³-hybridized carbons (Fsp3) is 0.357. The number of benzene rings is 1. The highest BCUT2D eigenvalue weighted by atomic mass is 16.6. The van der Waals surface area contributed by atoms with E-state index in [4.69, 9.17) is 0 Å². The maximum Gasteiger partial charge on any atom is 0.270 e. The third-order valence-electron chi connectivity index (χ3n) is 3.00. The third kappa shape index (κ3) is 3.21. The van der Waals surface area contributed by atoms with Crippen molar-refractivity contribution < 1.29 is 4.92 Å². The summed E-state index contributed by atoms with van der Waals surface area (Å²) in [6.45, 7) is 6.48. The molecule has 1 aromatic carbocycles. The number of hydrogen-bond acceptors (Lipinski definition) is 5. The van der Waals surface area contributed by atoms with E-state index in [1.165, 1.54) is 6.07 Å². The summed E-state index contributed by atoms with van der Waals surface area (Å²) in [5.74, 6) is 0. The molecule has 6 heteroatoms. The van der Waals surface area contributed by atoms with E-state index < -0.39 is 0 Å². The molecule has 0 bridgehead atoms. The van der Waals surface area contributed by atoms with E-state index >= 15 is 0 Å². The average Bonchev–Trinajstić information content (AvgIpc) is 2.42. The second kappa shape index (κ2) is 6.29. The van der Waals surface area contributed by atoms with E-state index in [0.29, 0.717) is 0 Å². The highest BCUT2D eigenvalue weighted by Crippen LogP contribution is 2.26. The van der Waals surface area contributed by atoms with Crippen LogP contribution in [0.25, 0.3) is 10.9 Å². The van der Waals surface area contributed by atoms with Crippen molar-refractivity contribution in [3.63, 3.8) is 0 Å². The standard InChI is InChI=1S/C14H18N4O2/c1-3-15-6-7-16-14-8-10(2)17-13-5-4-11(18(19)20)9-12(13)14/h4-5,8-9,15H,3,6-7H2,1-2H3,(H,16,17). The van der Waals surface area contributed by atoms with Gasteiger partial charge in [0.1, 0.15) is 0 Å². The number of nitro benzene ring substituents is 1. The van der Waals surface area contributed by atoms with Crippen molar-refractivity contribution in [1.29, 1.82) is 0 Å². The van der Waals surface area contributed by atoms with Crippen LogP contribution in [0.1, 0.15) is 12.6 Å². The number of nitrogens with zero attached hydrogens (tertiary/aromatic N) is 2. The topological polar surface area (TPSA) is 80.1 Å². The summed E-state index contributed by atoms with van der Waals surface area (Å²) in [6, 6.07) is 6.66. The zero-order chi connectivity index (χ0) is 14.5. The van der Waals surface area contributed by atoms with Crippen LogP contribution in [0.2, 0.25) is 0 Å². The van der Waals surface area contributed by atoms with Gasteiger partial charge in [-0.3, -0.25) is 15.1 Å². The lowest BCUT2D eigenvalue weighted by Gasteiger charge is -2.11. The molecule has 2 rings (SSSR count). The number of hydrogen-bond donors (Lipinski definition) is 2. The molecule has 2 N–H and O–H groups in total. The average molecular weight is 274 g/mol. The van der Waals surface area contributed by atoms with Crippen LogP contribution in [-0.2, 0) is 0 Å². The van der Waals surface area contributed by atoms with Gasteiger partial charge in [-0.1, -0.05) is 6.92 Å². The summed E-state index contributed by atoms with van der Waals surface area (Å²) in [5.41, 5.74) is 2.62. The van der Waals surface area contributed by atoms with Gasteiger partial charge in [-0.05, 0) is 25.6 Å². The van der Waals surface area contributed by atoms with Crippen LogP contribution < -0.4 is 10.6 Å². The Hall–Kier alpha value is -2.21. The van der Waals surface area contributed by atoms with Crippen molar-refractivity contribution in [3.8, 4) is 0 Å². The Bertz CT molecular complexity index is 628. The van der Waals surface area contributed by atoms with E-state index in [1.54, 1.807) is 12.1 Å². The Balaban J connectivity index is 2.34. The summed E-state index contributed by atoms with van der Waals surface area (Å²) in [7, 11) is 0. The predicted molar refractivity (Wildman–Crippen MR) is 80.2 cm³/mol. The second-order valence-electron chi connectivity index (χ2n) is 4.55. The minimum Gasteiger partial charge on any atom is -0.383 e. The lowest BCUT2D eigenvalue weighted by molar-refractivity contribution is -0.384. The first-order chi connectivity index (χ1) is 9.61. The Morgan fingerprint density at radius 3 is 2.80 bits per heavy atom. The molecule has 0 saturated heterocycles. The number of aromatic nitrogens is 1. The number of aryl methyl sites for hydroxylation is 1. The minimum atomic E-state index is -0.387. The van der Waals surface area contributed by atoms with Crippen molar-refractivity contribution in [3.05, 3.63) is 40.1 Å². The van der Waals surface area contributed by atoms with Crippen LogP contribution in [-0.4, -0.2) is 29.5 Å². The molecular formula is C14H18N4O2. The molecule has 2 aromatic rings. The molecule has 0 aliphatic heterocycles. The molecule has 0 fully saturated rings. The van der Waals surface area contributed by atoms with Crippen LogP contribution in [0.3, 0.4) is 0 Å². The van der Waals surface area contributed by atoms with Gasteiger partial charge >= 0.3 is 0 Å². The van der Waals surface area contributed by atoms with Gasteiger partial charge in [0.2, 0.25) is 0 Å². The summed E-state index contributed by atoms with van der Waals surface area (Å²) >= 11 is 0. The number of fused-ring (bicyclic) bond motifs is 1. The maximum absolute atomic E-state index is 10.9. The Morgan fingerprint density at radius 1 is 1.30 bits per heavy atom. The van der Waals surface area contributed by atoms with Crippen LogP contribution in [0.5, 0.6) is 0 Å². The summed E-state index contributed by atoms with van der Waals surface area (Å²) in [4.78, 5) is 14.9. The van der Waals surface area contributed by atoms with Crippen molar-refractivity contribution in [1.82, 2.24) is 10.3 Å². The van der Waals surface area contributed by atoms with Crippen LogP contribution in [0.4, 0.5) is 11.4 Å². The normalized spacial score (nSPS) is 10.7. The van der Waals surface area contributed by atoms with Crippen LogP contribution in [0.15, 0.2) is 24.3 Å². The molecule has 6 nitrogen and oxygen atoms in total. The highest BCUT2D eigenvalue weighted by Gasteiger charge is 2.10. The van der Waals surface area contributed by atoms with Gasteiger partial charge in [-0.25, -0.2) is 0 Å². The number of nitrogens with one attached hydrogen (secondary N) is 2. The van der Waals surface area contributed by atoms with Gasteiger partial charge in [-0.15, -0.1) is 0 Å². The maximum atomic E-state index is 10.9. The van der Waals surface area contributed by atoms with Gasteiger partial charge in [0.05, 0.1) is 10.4 Å². The van der Waals surface area contributed by atoms with E-state index in [1.807, 2.05) is 13.0 Å². The molecule has 20 heavy (non-hydrogen) atoms. The summed E-state index contributed by atoms with van der Waals surface area (Å²) < 4.78 is 0. The molecular weight excluding hydrogens is 256 g/mol. The Labute approximate surface area is 117 Å². The fourth-order valence-electron chi connectivity index (χ4n) is 2.07. The summed E-state index contributed by atoms with van der Waals surface area (Å²) in [5, 5.41) is 18.2. The largest absolute Gasteiger partial charge is 0.383 e. The number of anilines is 1. The molecule has 0 unspecified atom stereocenters. The lowest BCUT2D eigenvalue weighted by Crippen LogP contribution is -2.21. The molecule has 0 aliphatic carbocycles. The summed E-state index contributed by atoms with van der Waals surface area (Å²) in [6.07, 6.45) is 0. The van der Waals surface area contributed by atoms with Gasteiger partial charge in [-0.2, -0.15) is 0 Å². The van der Waals surface area contributed by atoms with E-state index in [-0.39, 0.29) is 10.6 Å². The van der Waals surface area contributed by atoms with Crippen molar-refractivity contribution in [2.24, 2.45) is 0 Å². The first-order valence-electron chi connectivity index (χ1n) is 6.62. The second-order valence-corrected chi connectivity index (χ2v) is 4.55. The fourth-order valence-corrected chi connectivity index (χ4v) is 2.07. The first-order valence-corrected chi connectivity index (χ1v) is 6.62. The zero-order valence-electron chi connectivity index (χ0n) is 11.6. The zero-order valence-corrected chi connectivity index (χ0v) is 11.6. The number of nitro groups is 1. The van der Waals surface area contributed by atoms with Crippen LogP contribution >= 0.6 is 0 Å². The molecule has 0 atom stereocenters. The molecule has 0 saturated carbocycles. The first kappa shape index (κ1) is 14.2. The molecule has 106 valence electrons. The van der Waals surface area contributed by atoms with E-state index in [0.717, 1.165) is 41.9 Å². The number of likely N-dealkylation sites (N-methyl/N-ethyl adjacent to an activating group) is 1. The van der Waals surface area contributed by atoms with Crippen molar-refractivity contribution in [2.45, 2.75) is 13.8 Å². The van der Waals surface area contributed by atoms with Gasteiger partial charge in [0.25, 0.3) is 5.69 Å². The Morgan fingerprint density at radius 2 is 2.10 bits per heavy atom. The lowest BCUT2D eigenvalue weighted by atomic mass is 10.1. The predicted octanol–water partition coefficient (Wildman–Crippen LogP) is 2.47. The third-order valence-corrected chi connectivity index (χ3v) is 3.00. The molecule has 1 aromatic heterocycles. The molecule has 0 aliphatic rings. The number of non-ortho nitro benzene ring substituents is 1. The van der Waals surface area contributed by atoms with Gasteiger partial charge in [0.15, 0.2) is 0 Å². The monoisotopic (exact) mass is 274 g/mol. The smallest absolute Gasteiger partial charge is 0.270 e. The SMILES string of the molecule is CCNCCNc1cc(C)nc2ccc([N+](=O)[O-])cc12. The number of pyridine rings is 1. The van der Waals surface area contributed by atoms with Crippen molar-refractivity contribution >= 4 is 22.3 Å². The molecule has 0 spiro atoms. The number of rotatable bonds is 6. The molecule has 0 amide bonds. The molecule has 0 radical (unpaired) electrons. The minimum absolute atomic E-state index is 0.0814. The quantitative estimate of drug-likeness (QED) is 0.480. The molecule has 1 heterocycles. The van der Waals surface area contributed by atoms with Crippen LogP contribution in [0, 0.1) is 17.0 Å².